The molecule has 0 radical (unpaired) electrons. The lowest BCUT2D eigenvalue weighted by Crippen LogP contribution is -2.14. The quantitative estimate of drug-likeness (QED) is 0.639. The monoisotopic (exact) mass is 295 g/mol. The van der Waals surface area contributed by atoms with E-state index in [0.717, 1.165) is 25.9 Å². The molecule has 1 heterocycles. The third kappa shape index (κ3) is 5.30. The Morgan fingerprint density at radius 1 is 1.18 bits per heavy atom. The maximum absolute atomic E-state index is 5.99. The van der Waals surface area contributed by atoms with Crippen molar-refractivity contribution in [2.45, 2.75) is 12.8 Å². The highest BCUT2D eigenvalue weighted by molar-refractivity contribution is 6.42. The smallest absolute Gasteiger partial charge is 0.150 e. The van der Waals surface area contributed by atoms with Gasteiger partial charge in [0, 0.05) is 6.54 Å². The maximum atomic E-state index is 5.99. The van der Waals surface area contributed by atoms with Crippen molar-refractivity contribution in [3.63, 3.8) is 0 Å². The number of unbranched alkanes of at least 4 members (excludes halogenated alkanes) is 1. The van der Waals surface area contributed by atoms with Crippen LogP contribution in [-0.2, 0) is 0 Å². The zero-order chi connectivity index (χ0) is 12.8. The minimum Gasteiger partial charge on any atom is -0.369 e. The van der Waals surface area contributed by atoms with E-state index in [1.165, 1.54) is 0 Å². The van der Waals surface area contributed by atoms with Crippen molar-refractivity contribution in [3.8, 4) is 0 Å². The summed E-state index contributed by atoms with van der Waals surface area (Å²) in [5.41, 5.74) is 0. The van der Waals surface area contributed by atoms with Gasteiger partial charge in [0.25, 0.3) is 0 Å². The van der Waals surface area contributed by atoms with Crippen LogP contribution in [0.25, 0.3) is 0 Å². The number of aromatic nitrogens is 1. The molecule has 0 amide bonds. The first-order chi connectivity index (χ1) is 8.00. The maximum Gasteiger partial charge on any atom is 0.150 e. The van der Waals surface area contributed by atoms with Crippen LogP contribution in [0.3, 0.4) is 0 Å². The van der Waals surface area contributed by atoms with Crippen molar-refractivity contribution >= 4 is 40.6 Å². The Morgan fingerprint density at radius 3 is 2.53 bits per heavy atom. The first-order valence-corrected chi connectivity index (χ1v) is 6.54. The fourth-order valence-electron chi connectivity index (χ4n) is 1.33. The lowest BCUT2D eigenvalue weighted by atomic mass is 10.3. The Kier molecular flexibility index (Phi) is 6.34. The summed E-state index contributed by atoms with van der Waals surface area (Å²) in [6, 6.07) is 1.60. The predicted molar refractivity (Wildman–Crippen MR) is 75.5 cm³/mol. The number of hydrogen-bond donors (Lipinski definition) is 1. The van der Waals surface area contributed by atoms with Crippen LogP contribution in [0.15, 0.2) is 6.07 Å². The van der Waals surface area contributed by atoms with Gasteiger partial charge < -0.3 is 10.2 Å². The summed E-state index contributed by atoms with van der Waals surface area (Å²) in [5.74, 6) is 0.589. The zero-order valence-corrected chi connectivity index (χ0v) is 12.2. The fourth-order valence-corrected chi connectivity index (χ4v) is 1.89. The molecule has 0 saturated heterocycles. The van der Waals surface area contributed by atoms with Gasteiger partial charge in [-0.05, 0) is 39.5 Å². The molecular weight excluding hydrogens is 281 g/mol. The second-order valence-electron chi connectivity index (χ2n) is 4.03. The van der Waals surface area contributed by atoms with Crippen LogP contribution in [0.4, 0.5) is 5.82 Å². The predicted octanol–water partition coefficient (Wildman–Crippen LogP) is 3.80. The van der Waals surface area contributed by atoms with Crippen molar-refractivity contribution in [1.29, 1.82) is 0 Å². The van der Waals surface area contributed by atoms with E-state index in [1.807, 2.05) is 0 Å². The molecule has 0 aliphatic rings. The summed E-state index contributed by atoms with van der Waals surface area (Å²) in [4.78, 5) is 6.24. The molecule has 0 aliphatic carbocycles. The second-order valence-corrected chi connectivity index (χ2v) is 5.20. The van der Waals surface area contributed by atoms with Crippen LogP contribution in [0.2, 0.25) is 15.2 Å². The second kappa shape index (κ2) is 7.27. The molecule has 1 aromatic rings. The van der Waals surface area contributed by atoms with Crippen LogP contribution in [0.1, 0.15) is 12.8 Å². The van der Waals surface area contributed by atoms with Crippen LogP contribution < -0.4 is 5.32 Å². The van der Waals surface area contributed by atoms with Gasteiger partial charge in [-0.25, -0.2) is 4.98 Å². The minimum atomic E-state index is 0.270. The van der Waals surface area contributed by atoms with Crippen LogP contribution in [0, 0.1) is 0 Å². The number of pyridine rings is 1. The lowest BCUT2D eigenvalue weighted by Gasteiger charge is -2.10. The van der Waals surface area contributed by atoms with Gasteiger partial charge in [0.2, 0.25) is 0 Å². The summed E-state index contributed by atoms with van der Waals surface area (Å²) >= 11 is 17.6. The summed E-state index contributed by atoms with van der Waals surface area (Å²) in [5, 5.41) is 4.28. The highest BCUT2D eigenvalue weighted by atomic mass is 35.5. The Labute approximate surface area is 117 Å². The number of rotatable bonds is 6. The van der Waals surface area contributed by atoms with Gasteiger partial charge in [0.1, 0.15) is 11.0 Å². The van der Waals surface area contributed by atoms with Gasteiger partial charge >= 0.3 is 0 Å². The molecule has 1 N–H and O–H groups in total. The highest BCUT2D eigenvalue weighted by Gasteiger charge is 2.06. The molecule has 0 atom stereocenters. The first kappa shape index (κ1) is 14.8. The van der Waals surface area contributed by atoms with E-state index in [1.54, 1.807) is 6.07 Å². The Bertz CT molecular complexity index is 369. The highest BCUT2D eigenvalue weighted by Crippen LogP contribution is 2.28. The minimum absolute atomic E-state index is 0.270. The van der Waals surface area contributed by atoms with E-state index >= 15 is 0 Å². The van der Waals surface area contributed by atoms with E-state index in [0.29, 0.717) is 15.9 Å². The Hall–Kier alpha value is -0.220. The fraction of sp³-hybridized carbons (Fsp3) is 0.545. The number of nitrogens with zero attached hydrogens (tertiary/aromatic N) is 2. The molecule has 17 heavy (non-hydrogen) atoms. The number of nitrogens with one attached hydrogen (secondary N) is 1. The summed E-state index contributed by atoms with van der Waals surface area (Å²) in [6.07, 6.45) is 2.18. The molecule has 0 bridgehead atoms. The number of hydrogen-bond acceptors (Lipinski definition) is 3. The standard InChI is InChI=1S/C11H16Cl3N3/c1-17(2)6-4-3-5-15-11-9(13)7-8(12)10(14)16-11/h7H,3-6H2,1-2H3,(H,15,16). The summed E-state index contributed by atoms with van der Waals surface area (Å²) in [6.45, 7) is 1.89. The van der Waals surface area contributed by atoms with Crippen molar-refractivity contribution in [2.75, 3.05) is 32.5 Å². The average molecular weight is 297 g/mol. The first-order valence-electron chi connectivity index (χ1n) is 5.41. The molecule has 96 valence electrons. The Morgan fingerprint density at radius 2 is 1.88 bits per heavy atom. The third-order valence-electron chi connectivity index (χ3n) is 2.21. The molecular formula is C11H16Cl3N3. The molecule has 0 saturated carbocycles. The van der Waals surface area contributed by atoms with E-state index in [9.17, 15) is 0 Å². The molecule has 1 rings (SSSR count). The molecule has 0 fully saturated rings. The van der Waals surface area contributed by atoms with Gasteiger partial charge in [0.15, 0.2) is 0 Å². The molecule has 0 unspecified atom stereocenters. The number of halogens is 3. The molecule has 6 heteroatoms. The van der Waals surface area contributed by atoms with Crippen LogP contribution in [-0.4, -0.2) is 37.1 Å². The van der Waals surface area contributed by atoms with Crippen LogP contribution in [0.5, 0.6) is 0 Å². The normalized spacial score (nSPS) is 10.9. The summed E-state index contributed by atoms with van der Waals surface area (Å²) in [7, 11) is 4.12. The van der Waals surface area contributed by atoms with Crippen molar-refractivity contribution in [2.24, 2.45) is 0 Å². The van der Waals surface area contributed by atoms with Crippen LogP contribution >= 0.6 is 34.8 Å². The van der Waals surface area contributed by atoms with Gasteiger partial charge in [-0.3, -0.25) is 0 Å². The molecule has 1 aromatic heterocycles. The van der Waals surface area contributed by atoms with Gasteiger partial charge in [-0.2, -0.15) is 0 Å². The largest absolute Gasteiger partial charge is 0.369 e. The van der Waals surface area contributed by atoms with E-state index in [2.05, 4.69) is 29.3 Å². The lowest BCUT2D eigenvalue weighted by molar-refractivity contribution is 0.396. The van der Waals surface area contributed by atoms with Crippen molar-refractivity contribution < 1.29 is 0 Å². The molecule has 3 nitrogen and oxygen atoms in total. The summed E-state index contributed by atoms with van der Waals surface area (Å²) < 4.78 is 0. The van der Waals surface area contributed by atoms with Crippen molar-refractivity contribution in [3.05, 3.63) is 21.3 Å². The third-order valence-corrected chi connectivity index (χ3v) is 3.17. The molecule has 0 aromatic carbocycles. The molecule has 0 aliphatic heterocycles. The van der Waals surface area contributed by atoms with Gasteiger partial charge in [-0.1, -0.05) is 34.8 Å². The average Bonchev–Trinajstić information content (AvgIpc) is 2.24. The zero-order valence-electron chi connectivity index (χ0n) is 9.93. The Balaban J connectivity index is 2.39. The molecule has 0 spiro atoms. The van der Waals surface area contributed by atoms with Gasteiger partial charge in [-0.15, -0.1) is 0 Å². The SMILES string of the molecule is CN(C)CCCCNc1nc(Cl)c(Cl)cc1Cl. The number of anilines is 1. The van der Waals surface area contributed by atoms with E-state index < -0.39 is 0 Å². The van der Waals surface area contributed by atoms with E-state index in [-0.39, 0.29) is 5.15 Å². The van der Waals surface area contributed by atoms with Crippen molar-refractivity contribution in [1.82, 2.24) is 9.88 Å². The van der Waals surface area contributed by atoms with E-state index in [4.69, 9.17) is 34.8 Å². The van der Waals surface area contributed by atoms with Gasteiger partial charge in [0.05, 0.1) is 10.0 Å². The topological polar surface area (TPSA) is 28.2 Å².